The van der Waals surface area contributed by atoms with Crippen molar-refractivity contribution in [3.8, 4) is 0 Å². The van der Waals surface area contributed by atoms with Gasteiger partial charge in [-0.2, -0.15) is 5.10 Å². The molecule has 0 bridgehead atoms. The lowest BCUT2D eigenvalue weighted by Crippen LogP contribution is -2.21. The van der Waals surface area contributed by atoms with Crippen molar-refractivity contribution in [1.82, 2.24) is 19.7 Å². The van der Waals surface area contributed by atoms with Crippen LogP contribution in [0.5, 0.6) is 0 Å². The van der Waals surface area contributed by atoms with E-state index in [1.54, 1.807) is 0 Å². The second-order valence-corrected chi connectivity index (χ2v) is 6.03. The van der Waals surface area contributed by atoms with Crippen LogP contribution in [0.15, 0.2) is 30.6 Å². The van der Waals surface area contributed by atoms with E-state index in [0.717, 1.165) is 25.3 Å². The summed E-state index contributed by atoms with van der Waals surface area (Å²) in [5.74, 6) is 0.681. The van der Waals surface area contributed by atoms with E-state index in [1.165, 1.54) is 5.69 Å². The van der Waals surface area contributed by atoms with Crippen LogP contribution in [0.2, 0.25) is 0 Å². The van der Waals surface area contributed by atoms with E-state index in [4.69, 9.17) is 0 Å². The molecule has 1 N–H and O–H groups in total. The first-order valence-corrected chi connectivity index (χ1v) is 7.45. The van der Waals surface area contributed by atoms with E-state index in [0.29, 0.717) is 12.0 Å². The molecule has 0 radical (unpaired) electrons. The topological polar surface area (TPSA) is 34.8 Å². The molecule has 0 spiro atoms. The Morgan fingerprint density at radius 1 is 1.15 bits per heavy atom. The molecular weight excluding hydrogens is 248 g/mol. The van der Waals surface area contributed by atoms with Crippen molar-refractivity contribution >= 4 is 0 Å². The number of nitrogens with one attached hydrogen (secondary N) is 1. The first-order chi connectivity index (χ1) is 9.56. The van der Waals surface area contributed by atoms with Gasteiger partial charge in [-0.3, -0.25) is 4.68 Å². The lowest BCUT2D eigenvalue weighted by molar-refractivity contribution is 0.519. The van der Waals surface area contributed by atoms with E-state index < -0.39 is 0 Å². The van der Waals surface area contributed by atoms with Crippen LogP contribution in [0.25, 0.3) is 0 Å². The van der Waals surface area contributed by atoms with Gasteiger partial charge in [-0.15, -0.1) is 0 Å². The summed E-state index contributed by atoms with van der Waals surface area (Å²) in [5.41, 5.74) is 2.42. The predicted molar refractivity (Wildman–Crippen MR) is 82.7 cm³/mol. The molecule has 4 heteroatoms. The van der Waals surface area contributed by atoms with E-state index in [2.05, 4.69) is 73.3 Å². The molecule has 2 heterocycles. The fourth-order valence-electron chi connectivity index (χ4n) is 2.18. The molecule has 0 aliphatic carbocycles. The van der Waals surface area contributed by atoms with Gasteiger partial charge in [0.05, 0.1) is 12.2 Å². The number of hydrogen-bond acceptors (Lipinski definition) is 2. The number of rotatable bonds is 7. The number of aromatic nitrogens is 3. The van der Waals surface area contributed by atoms with Crippen LogP contribution in [-0.4, -0.2) is 20.9 Å². The largest absolute Gasteiger partial charge is 0.344 e. The van der Waals surface area contributed by atoms with Gasteiger partial charge in [-0.1, -0.05) is 13.8 Å². The van der Waals surface area contributed by atoms with Crippen molar-refractivity contribution < 1.29 is 0 Å². The molecule has 0 aromatic carbocycles. The predicted octanol–water partition coefficient (Wildman–Crippen LogP) is 3.06. The molecule has 0 aliphatic rings. The Hall–Kier alpha value is -1.55. The molecular formula is C16H26N4. The fraction of sp³-hybridized carbons (Fsp3) is 0.562. The second kappa shape index (κ2) is 6.75. The van der Waals surface area contributed by atoms with Gasteiger partial charge in [0.2, 0.25) is 0 Å². The van der Waals surface area contributed by atoms with Gasteiger partial charge >= 0.3 is 0 Å². The summed E-state index contributed by atoms with van der Waals surface area (Å²) >= 11 is 0. The van der Waals surface area contributed by atoms with Gasteiger partial charge in [-0.25, -0.2) is 0 Å². The van der Waals surface area contributed by atoms with Gasteiger partial charge in [0.25, 0.3) is 0 Å². The van der Waals surface area contributed by atoms with Gasteiger partial charge in [0, 0.05) is 30.7 Å². The lowest BCUT2D eigenvalue weighted by atomic mass is 10.2. The van der Waals surface area contributed by atoms with Crippen LogP contribution in [0, 0.1) is 5.92 Å². The molecule has 110 valence electrons. The Kier molecular flexibility index (Phi) is 5.01. The molecule has 2 aromatic rings. The molecule has 0 unspecified atom stereocenters. The molecule has 0 atom stereocenters. The summed E-state index contributed by atoms with van der Waals surface area (Å²) in [6.45, 7) is 11.5. The van der Waals surface area contributed by atoms with Gasteiger partial charge < -0.3 is 9.88 Å². The third-order valence-corrected chi connectivity index (χ3v) is 3.31. The maximum atomic E-state index is 4.61. The van der Waals surface area contributed by atoms with Crippen LogP contribution < -0.4 is 5.32 Å². The van der Waals surface area contributed by atoms with Crippen LogP contribution in [-0.2, 0) is 13.1 Å². The highest BCUT2D eigenvalue weighted by molar-refractivity contribution is 5.10. The Morgan fingerprint density at radius 3 is 2.60 bits per heavy atom. The SMILES string of the molecule is CC(C)CNCc1cccn1Cc1ccn(C(C)C)n1. The van der Waals surface area contributed by atoms with Crippen molar-refractivity contribution in [2.75, 3.05) is 6.54 Å². The maximum absolute atomic E-state index is 4.61. The summed E-state index contributed by atoms with van der Waals surface area (Å²) in [7, 11) is 0. The van der Waals surface area contributed by atoms with Crippen molar-refractivity contribution in [2.45, 2.75) is 46.8 Å². The molecule has 0 saturated carbocycles. The Balaban J connectivity index is 1.97. The van der Waals surface area contributed by atoms with Gasteiger partial charge in [0.1, 0.15) is 0 Å². The summed E-state index contributed by atoms with van der Waals surface area (Å²) in [6.07, 6.45) is 4.18. The standard InChI is InChI=1S/C16H26N4/c1-13(2)10-17-11-16-6-5-8-19(16)12-15-7-9-20(18-15)14(3)4/h5-9,13-14,17H,10-12H2,1-4H3. The van der Waals surface area contributed by atoms with E-state index in [-0.39, 0.29) is 0 Å². The van der Waals surface area contributed by atoms with Crippen LogP contribution in [0.4, 0.5) is 0 Å². The summed E-state index contributed by atoms with van der Waals surface area (Å²) in [5, 5.41) is 8.10. The summed E-state index contributed by atoms with van der Waals surface area (Å²) in [6, 6.07) is 6.80. The second-order valence-electron chi connectivity index (χ2n) is 6.03. The van der Waals surface area contributed by atoms with Crippen molar-refractivity contribution in [3.63, 3.8) is 0 Å². The quantitative estimate of drug-likeness (QED) is 0.842. The number of nitrogens with zero attached hydrogens (tertiary/aromatic N) is 3. The zero-order valence-electron chi connectivity index (χ0n) is 13.0. The Morgan fingerprint density at radius 2 is 1.95 bits per heavy atom. The first kappa shape index (κ1) is 14.9. The summed E-state index contributed by atoms with van der Waals surface area (Å²) < 4.78 is 4.27. The minimum absolute atomic E-state index is 0.417. The zero-order chi connectivity index (χ0) is 14.5. The molecule has 4 nitrogen and oxygen atoms in total. The monoisotopic (exact) mass is 274 g/mol. The molecule has 2 aromatic heterocycles. The van der Waals surface area contributed by atoms with E-state index >= 15 is 0 Å². The van der Waals surface area contributed by atoms with Crippen LogP contribution >= 0.6 is 0 Å². The Bertz CT molecular complexity index is 522. The fourth-order valence-corrected chi connectivity index (χ4v) is 2.18. The average Bonchev–Trinajstić information content (AvgIpc) is 2.99. The van der Waals surface area contributed by atoms with Crippen molar-refractivity contribution in [2.24, 2.45) is 5.92 Å². The lowest BCUT2D eigenvalue weighted by Gasteiger charge is -2.11. The van der Waals surface area contributed by atoms with Crippen molar-refractivity contribution in [3.05, 3.63) is 42.0 Å². The molecule has 0 amide bonds. The maximum Gasteiger partial charge on any atom is 0.0821 e. The molecule has 20 heavy (non-hydrogen) atoms. The molecule has 0 fully saturated rings. The molecule has 0 saturated heterocycles. The van der Waals surface area contributed by atoms with Crippen molar-refractivity contribution in [1.29, 1.82) is 0 Å². The van der Waals surface area contributed by atoms with Crippen LogP contribution in [0.1, 0.15) is 45.1 Å². The smallest absolute Gasteiger partial charge is 0.0821 e. The minimum Gasteiger partial charge on any atom is -0.344 e. The van der Waals surface area contributed by atoms with Gasteiger partial charge in [0.15, 0.2) is 0 Å². The number of hydrogen-bond donors (Lipinski definition) is 1. The zero-order valence-corrected chi connectivity index (χ0v) is 13.0. The first-order valence-electron chi connectivity index (χ1n) is 7.45. The van der Waals surface area contributed by atoms with E-state index in [1.807, 2.05) is 4.68 Å². The van der Waals surface area contributed by atoms with Crippen LogP contribution in [0.3, 0.4) is 0 Å². The minimum atomic E-state index is 0.417. The molecule has 2 rings (SSSR count). The third kappa shape index (κ3) is 3.97. The highest BCUT2D eigenvalue weighted by Crippen LogP contribution is 2.09. The highest BCUT2D eigenvalue weighted by atomic mass is 15.3. The highest BCUT2D eigenvalue weighted by Gasteiger charge is 2.06. The van der Waals surface area contributed by atoms with E-state index in [9.17, 15) is 0 Å². The molecule has 0 aliphatic heterocycles. The van der Waals surface area contributed by atoms with Gasteiger partial charge in [-0.05, 0) is 44.5 Å². The normalized spacial score (nSPS) is 11.7. The summed E-state index contributed by atoms with van der Waals surface area (Å²) in [4.78, 5) is 0. The Labute approximate surface area is 121 Å². The third-order valence-electron chi connectivity index (χ3n) is 3.31. The average molecular weight is 274 g/mol.